The molecule has 1 aliphatic heterocycles. The van der Waals surface area contributed by atoms with Crippen molar-refractivity contribution < 1.29 is 0 Å². The van der Waals surface area contributed by atoms with Crippen LogP contribution in [0.15, 0.2) is 11.6 Å². The highest BCUT2D eigenvalue weighted by molar-refractivity contribution is 5.46. The largest absolute Gasteiger partial charge is 0.303 e. The number of hydrogen-bond donors (Lipinski definition) is 0. The van der Waals surface area contributed by atoms with Crippen LogP contribution in [0.2, 0.25) is 0 Å². The van der Waals surface area contributed by atoms with E-state index in [1.807, 2.05) is 6.92 Å². The van der Waals surface area contributed by atoms with Crippen molar-refractivity contribution >= 4 is 5.87 Å². The van der Waals surface area contributed by atoms with E-state index in [-0.39, 0.29) is 0 Å². The highest BCUT2D eigenvalue weighted by atomic mass is 15.1. The van der Waals surface area contributed by atoms with Crippen molar-refractivity contribution in [3.05, 3.63) is 6.58 Å². The minimum Gasteiger partial charge on any atom is -0.303 e. The van der Waals surface area contributed by atoms with E-state index in [2.05, 4.69) is 29.3 Å². The molecule has 0 radical (unpaired) electrons. The molecule has 0 amide bonds. The van der Waals surface area contributed by atoms with Crippen molar-refractivity contribution in [3.8, 4) is 0 Å². The molecule has 1 rings (SSSR count). The summed E-state index contributed by atoms with van der Waals surface area (Å²) in [7, 11) is 0. The van der Waals surface area contributed by atoms with Crippen molar-refractivity contribution in [2.24, 2.45) is 4.99 Å². The summed E-state index contributed by atoms with van der Waals surface area (Å²) in [5, 5.41) is 0. The highest BCUT2D eigenvalue weighted by Gasteiger charge is 2.08. The molecule has 0 bridgehead atoms. The molecule has 0 atom stereocenters. The highest BCUT2D eigenvalue weighted by Crippen LogP contribution is 2.07. The molecule has 1 fully saturated rings. The molecule has 1 saturated heterocycles. The van der Waals surface area contributed by atoms with Crippen LogP contribution in [0, 0.1) is 0 Å². The van der Waals surface area contributed by atoms with Gasteiger partial charge in [-0.25, -0.2) is 4.99 Å². The molecule has 0 aromatic carbocycles. The third-order valence-electron chi connectivity index (χ3n) is 2.30. The van der Waals surface area contributed by atoms with Gasteiger partial charge >= 0.3 is 0 Å². The first-order chi connectivity index (χ1) is 6.85. The fourth-order valence-electron chi connectivity index (χ4n) is 1.50. The van der Waals surface area contributed by atoms with E-state index in [0.29, 0.717) is 0 Å². The Morgan fingerprint density at radius 2 is 1.93 bits per heavy atom. The maximum atomic E-state index is 3.61. The molecule has 0 spiro atoms. The molecule has 1 heterocycles. The average molecular weight is 196 g/mol. The molecule has 14 heavy (non-hydrogen) atoms. The Bertz CT molecular complexity index is 154. The number of aliphatic imine (C=N–C) groups is 1. The van der Waals surface area contributed by atoms with E-state index < -0.39 is 0 Å². The number of rotatable bonds is 4. The summed E-state index contributed by atoms with van der Waals surface area (Å²) in [5.41, 5.74) is 0. The van der Waals surface area contributed by atoms with Gasteiger partial charge in [-0.15, -0.1) is 0 Å². The third-order valence-corrected chi connectivity index (χ3v) is 2.30. The number of likely N-dealkylation sites (tertiary alicyclic amines) is 1. The van der Waals surface area contributed by atoms with Gasteiger partial charge in [0.1, 0.15) is 0 Å². The molecular formula is C12H24N2. The smallest absolute Gasteiger partial charge is 0.0455 e. The van der Waals surface area contributed by atoms with Gasteiger partial charge in [0.05, 0.1) is 0 Å². The average Bonchev–Trinajstić information content (AvgIpc) is 2.69. The molecule has 2 heteroatoms. The van der Waals surface area contributed by atoms with Gasteiger partial charge in [0.15, 0.2) is 0 Å². The second kappa shape index (κ2) is 10.5. The maximum Gasteiger partial charge on any atom is 0.0455 e. The van der Waals surface area contributed by atoms with Crippen molar-refractivity contribution in [1.82, 2.24) is 4.90 Å². The quantitative estimate of drug-likeness (QED) is 0.631. The molecule has 2 nitrogen and oxygen atoms in total. The van der Waals surface area contributed by atoms with Gasteiger partial charge in [-0.2, -0.15) is 0 Å². The fourth-order valence-corrected chi connectivity index (χ4v) is 1.50. The first-order valence-electron chi connectivity index (χ1n) is 5.76. The molecule has 0 aromatic heterocycles. The summed E-state index contributed by atoms with van der Waals surface area (Å²) in [6, 6.07) is 0. The van der Waals surface area contributed by atoms with Gasteiger partial charge in [0.25, 0.3) is 0 Å². The zero-order valence-corrected chi connectivity index (χ0v) is 9.76. The molecular weight excluding hydrogens is 172 g/mol. The van der Waals surface area contributed by atoms with Gasteiger partial charge in [-0.1, -0.05) is 13.3 Å². The fraction of sp³-hybridized carbons (Fsp3) is 0.833. The van der Waals surface area contributed by atoms with Crippen LogP contribution in [0.5, 0.6) is 0 Å². The van der Waals surface area contributed by atoms with E-state index in [1.54, 1.807) is 0 Å². The Morgan fingerprint density at radius 3 is 2.29 bits per heavy atom. The second-order valence-corrected chi connectivity index (χ2v) is 3.53. The Labute approximate surface area is 88.7 Å². The number of nitrogens with zero attached hydrogens (tertiary/aromatic N) is 2. The summed E-state index contributed by atoms with van der Waals surface area (Å²) in [6.07, 6.45) is 5.60. The second-order valence-electron chi connectivity index (χ2n) is 3.53. The first kappa shape index (κ1) is 13.4. The SMILES string of the molecule is C=C=NCC.CCCCN1CCCC1. The molecule has 0 aliphatic carbocycles. The summed E-state index contributed by atoms with van der Waals surface area (Å²) < 4.78 is 0. The molecule has 0 saturated carbocycles. The lowest BCUT2D eigenvalue weighted by atomic mass is 10.3. The van der Waals surface area contributed by atoms with Crippen LogP contribution in [0.1, 0.15) is 39.5 Å². The first-order valence-corrected chi connectivity index (χ1v) is 5.76. The van der Waals surface area contributed by atoms with Crippen LogP contribution >= 0.6 is 0 Å². The summed E-state index contributed by atoms with van der Waals surface area (Å²) in [5.74, 6) is 2.39. The van der Waals surface area contributed by atoms with Crippen molar-refractivity contribution in [2.75, 3.05) is 26.2 Å². The standard InChI is InChI=1S/C8H17N.C4H7N/c1-2-3-6-9-7-4-5-8-9;1-3-5-4-2/h2-8H2,1H3;1,4H2,2H3. The van der Waals surface area contributed by atoms with Gasteiger partial charge in [-0.05, 0) is 58.3 Å². The number of unbranched alkanes of at least 4 members (excludes halogenated alkanes) is 1. The van der Waals surface area contributed by atoms with Crippen LogP contribution in [0.25, 0.3) is 0 Å². The van der Waals surface area contributed by atoms with Crippen LogP contribution in [-0.4, -0.2) is 36.9 Å². The normalized spacial score (nSPS) is 15.6. The van der Waals surface area contributed by atoms with Crippen LogP contribution in [-0.2, 0) is 0 Å². The van der Waals surface area contributed by atoms with E-state index in [1.165, 1.54) is 45.3 Å². The Hall–Kier alpha value is -0.590. The zero-order valence-electron chi connectivity index (χ0n) is 9.76. The van der Waals surface area contributed by atoms with E-state index >= 15 is 0 Å². The predicted octanol–water partition coefficient (Wildman–Crippen LogP) is 2.74. The minimum atomic E-state index is 0.795. The van der Waals surface area contributed by atoms with E-state index in [0.717, 1.165) is 6.54 Å². The molecule has 1 aliphatic rings. The predicted molar refractivity (Wildman–Crippen MR) is 64.2 cm³/mol. The van der Waals surface area contributed by atoms with E-state index in [9.17, 15) is 0 Å². The van der Waals surface area contributed by atoms with Gasteiger partial charge in [0.2, 0.25) is 0 Å². The minimum absolute atomic E-state index is 0.795. The van der Waals surface area contributed by atoms with Gasteiger partial charge in [0, 0.05) is 6.54 Å². The lowest BCUT2D eigenvalue weighted by molar-refractivity contribution is 0.332. The Morgan fingerprint density at radius 1 is 1.29 bits per heavy atom. The molecule has 0 N–H and O–H groups in total. The Balaban J connectivity index is 0.000000292. The molecule has 0 aromatic rings. The number of hydrogen-bond acceptors (Lipinski definition) is 2. The summed E-state index contributed by atoms with van der Waals surface area (Å²) >= 11 is 0. The van der Waals surface area contributed by atoms with Crippen molar-refractivity contribution in [2.45, 2.75) is 39.5 Å². The summed E-state index contributed by atoms with van der Waals surface area (Å²) in [6.45, 7) is 12.3. The van der Waals surface area contributed by atoms with Crippen LogP contribution in [0.4, 0.5) is 0 Å². The van der Waals surface area contributed by atoms with Crippen LogP contribution < -0.4 is 0 Å². The van der Waals surface area contributed by atoms with Crippen molar-refractivity contribution in [3.63, 3.8) is 0 Å². The molecule has 82 valence electrons. The van der Waals surface area contributed by atoms with E-state index in [4.69, 9.17) is 0 Å². The maximum absolute atomic E-state index is 3.61. The lowest BCUT2D eigenvalue weighted by Crippen LogP contribution is -2.19. The van der Waals surface area contributed by atoms with Crippen molar-refractivity contribution in [1.29, 1.82) is 0 Å². The Kier molecular flexibility index (Phi) is 10.0. The third kappa shape index (κ3) is 8.03. The van der Waals surface area contributed by atoms with Gasteiger partial charge < -0.3 is 4.90 Å². The monoisotopic (exact) mass is 196 g/mol. The topological polar surface area (TPSA) is 15.6 Å². The van der Waals surface area contributed by atoms with Crippen LogP contribution in [0.3, 0.4) is 0 Å². The zero-order chi connectivity index (χ0) is 10.6. The summed E-state index contributed by atoms with van der Waals surface area (Å²) in [4.78, 5) is 6.18. The molecule has 0 unspecified atom stereocenters. The lowest BCUT2D eigenvalue weighted by Gasteiger charge is -2.12. The van der Waals surface area contributed by atoms with Gasteiger partial charge in [-0.3, -0.25) is 0 Å².